The Morgan fingerprint density at radius 3 is 1.92 bits per heavy atom. The summed E-state index contributed by atoms with van der Waals surface area (Å²) in [6.45, 7) is 0. The van der Waals surface area contributed by atoms with Gasteiger partial charge in [0.25, 0.3) is 5.09 Å². The Balaban J connectivity index is 0. The molecule has 0 radical (unpaired) electrons. The van der Waals surface area contributed by atoms with E-state index in [-0.39, 0.29) is 17.4 Å². The van der Waals surface area contributed by atoms with Gasteiger partial charge in [-0.05, 0) is 12.1 Å². The summed E-state index contributed by atoms with van der Waals surface area (Å²) in [6.07, 6.45) is 0. The number of para-hydroxylation sites is 1. The minimum absolute atomic E-state index is 0. The number of hydrogen-bond acceptors (Lipinski definition) is 4. The molecule has 0 fully saturated rings. The van der Waals surface area contributed by atoms with Crippen LogP contribution in [-0.2, 0) is 0 Å². The highest BCUT2D eigenvalue weighted by atomic mass is 27.0. The topological polar surface area (TPSA) is 95.6 Å². The lowest BCUT2D eigenvalue weighted by atomic mass is 10.3. The SMILES string of the molecule is O=[N+]([O-])O.ONc1ccccc1.[AlH3]. The van der Waals surface area contributed by atoms with Crippen molar-refractivity contribution >= 4 is 23.0 Å². The van der Waals surface area contributed by atoms with Crippen molar-refractivity contribution in [3.05, 3.63) is 40.4 Å². The minimum Gasteiger partial charge on any atom is -0.328 e. The van der Waals surface area contributed by atoms with E-state index in [0.29, 0.717) is 5.69 Å². The Bertz CT molecular complexity index is 227. The molecule has 0 atom stereocenters. The fourth-order valence-corrected chi connectivity index (χ4v) is 0.513. The van der Waals surface area contributed by atoms with Crippen LogP contribution in [0, 0.1) is 10.1 Å². The molecule has 0 aliphatic rings. The molecular weight excluding hydrogens is 191 g/mol. The summed E-state index contributed by atoms with van der Waals surface area (Å²) >= 11 is 0. The lowest BCUT2D eigenvalue weighted by molar-refractivity contribution is -0.742. The van der Waals surface area contributed by atoms with Crippen molar-refractivity contribution in [2.24, 2.45) is 0 Å². The zero-order valence-electron chi connectivity index (χ0n) is 6.04. The molecule has 0 amide bonds. The molecule has 1 aromatic carbocycles. The minimum atomic E-state index is -1.50. The highest BCUT2D eigenvalue weighted by molar-refractivity contribution is 5.75. The van der Waals surface area contributed by atoms with Gasteiger partial charge in [-0.3, -0.25) is 10.7 Å². The van der Waals surface area contributed by atoms with Crippen molar-refractivity contribution in [1.29, 1.82) is 0 Å². The molecule has 0 saturated heterocycles. The molecule has 72 valence electrons. The van der Waals surface area contributed by atoms with Crippen LogP contribution < -0.4 is 5.48 Å². The van der Waals surface area contributed by atoms with Crippen LogP contribution in [0.15, 0.2) is 30.3 Å². The Kier molecular flexibility index (Phi) is 9.65. The Hall–Kier alpha value is -1.29. The third-order valence-electron chi connectivity index (χ3n) is 0.903. The van der Waals surface area contributed by atoms with Crippen molar-refractivity contribution in [1.82, 2.24) is 0 Å². The maximum Gasteiger partial charge on any atom is 0.291 e. The third-order valence-corrected chi connectivity index (χ3v) is 0.903. The third kappa shape index (κ3) is 10.7. The van der Waals surface area contributed by atoms with E-state index in [1.54, 1.807) is 12.1 Å². The van der Waals surface area contributed by atoms with E-state index in [9.17, 15) is 0 Å². The number of anilines is 1. The van der Waals surface area contributed by atoms with Gasteiger partial charge >= 0.3 is 0 Å². The predicted octanol–water partition coefficient (Wildman–Crippen LogP) is -0.0439. The molecule has 0 saturated carbocycles. The normalized spacial score (nSPS) is 7.15. The van der Waals surface area contributed by atoms with Crippen LogP contribution in [0.3, 0.4) is 0 Å². The van der Waals surface area contributed by atoms with Crippen LogP contribution >= 0.6 is 0 Å². The number of nitrogens with zero attached hydrogens (tertiary/aromatic N) is 1. The van der Waals surface area contributed by atoms with E-state index in [2.05, 4.69) is 0 Å². The van der Waals surface area contributed by atoms with Crippen molar-refractivity contribution in [3.8, 4) is 0 Å². The van der Waals surface area contributed by atoms with E-state index in [1.165, 1.54) is 0 Å². The fourth-order valence-electron chi connectivity index (χ4n) is 0.513. The second-order valence-electron chi connectivity index (χ2n) is 1.72. The van der Waals surface area contributed by atoms with E-state index in [0.717, 1.165) is 0 Å². The summed E-state index contributed by atoms with van der Waals surface area (Å²) in [5.74, 6) is 0. The summed E-state index contributed by atoms with van der Waals surface area (Å²) in [5.41, 5.74) is 2.74. The zero-order chi connectivity index (χ0) is 9.40. The van der Waals surface area contributed by atoms with Gasteiger partial charge in [-0.25, -0.2) is 0 Å². The van der Waals surface area contributed by atoms with Gasteiger partial charge in [-0.1, -0.05) is 18.2 Å². The standard InChI is InChI=1S/C6H7NO.Al.HNO3.3H/c8-7-6-4-2-1-3-5-6;;2-1(3)4;;;/h1-5,7-8H;;(H,2,3,4);;;. The second-order valence-corrected chi connectivity index (χ2v) is 1.72. The van der Waals surface area contributed by atoms with Gasteiger partial charge in [0, 0.05) is 0 Å². The van der Waals surface area contributed by atoms with Crippen LogP contribution in [0.2, 0.25) is 0 Å². The molecule has 13 heavy (non-hydrogen) atoms. The molecular formula is C6H11AlN2O4. The smallest absolute Gasteiger partial charge is 0.291 e. The average molecular weight is 202 g/mol. The lowest BCUT2D eigenvalue weighted by Crippen LogP contribution is -1.85. The number of nitrogens with one attached hydrogen (secondary N) is 1. The van der Waals surface area contributed by atoms with E-state index in [1.807, 2.05) is 23.7 Å². The quantitative estimate of drug-likeness (QED) is 0.337. The molecule has 0 bridgehead atoms. The van der Waals surface area contributed by atoms with Gasteiger partial charge in [0.2, 0.25) is 0 Å². The van der Waals surface area contributed by atoms with E-state index in [4.69, 9.17) is 20.5 Å². The van der Waals surface area contributed by atoms with Crippen LogP contribution in [0.4, 0.5) is 5.69 Å². The van der Waals surface area contributed by atoms with Crippen molar-refractivity contribution in [2.75, 3.05) is 5.48 Å². The first-order chi connectivity index (χ1) is 5.66. The molecule has 0 spiro atoms. The summed E-state index contributed by atoms with van der Waals surface area (Å²) in [4.78, 5) is 8.36. The Morgan fingerprint density at radius 1 is 1.31 bits per heavy atom. The largest absolute Gasteiger partial charge is 0.328 e. The molecule has 0 aliphatic heterocycles. The van der Waals surface area contributed by atoms with Gasteiger partial charge in [0.1, 0.15) is 0 Å². The first kappa shape index (κ1) is 14.2. The summed E-state index contributed by atoms with van der Waals surface area (Å²) < 4.78 is 0. The van der Waals surface area contributed by atoms with Gasteiger partial charge in [0.15, 0.2) is 17.4 Å². The Labute approximate surface area is 85.0 Å². The van der Waals surface area contributed by atoms with Gasteiger partial charge < -0.3 is 5.21 Å². The van der Waals surface area contributed by atoms with Crippen molar-refractivity contribution in [2.45, 2.75) is 0 Å². The molecule has 0 unspecified atom stereocenters. The highest BCUT2D eigenvalue weighted by Crippen LogP contribution is 2.01. The zero-order valence-corrected chi connectivity index (χ0v) is 6.04. The van der Waals surface area contributed by atoms with Crippen LogP contribution in [0.25, 0.3) is 0 Å². The van der Waals surface area contributed by atoms with Gasteiger partial charge in [-0.2, -0.15) is 0 Å². The molecule has 3 N–H and O–H groups in total. The number of hydrogen-bond donors (Lipinski definition) is 3. The van der Waals surface area contributed by atoms with Crippen molar-refractivity contribution in [3.63, 3.8) is 0 Å². The Morgan fingerprint density at radius 2 is 1.69 bits per heavy atom. The summed E-state index contributed by atoms with van der Waals surface area (Å²) in [7, 11) is 0. The van der Waals surface area contributed by atoms with Crippen LogP contribution in [0.5, 0.6) is 0 Å². The second kappa shape index (κ2) is 8.81. The number of rotatable bonds is 1. The van der Waals surface area contributed by atoms with E-state index >= 15 is 0 Å². The lowest BCUT2D eigenvalue weighted by Gasteiger charge is -1.92. The maximum atomic E-state index is 8.36. The van der Waals surface area contributed by atoms with Gasteiger partial charge in [-0.15, -0.1) is 10.1 Å². The molecule has 6 nitrogen and oxygen atoms in total. The molecule has 0 heterocycles. The first-order valence-corrected chi connectivity index (χ1v) is 2.95. The fraction of sp³-hybridized carbons (Fsp3) is 0. The molecule has 1 aromatic rings. The molecule has 0 aliphatic carbocycles. The maximum absolute atomic E-state index is 8.36. The van der Waals surface area contributed by atoms with Gasteiger partial charge in [0.05, 0.1) is 5.69 Å². The van der Waals surface area contributed by atoms with Crippen LogP contribution in [0.1, 0.15) is 0 Å². The monoisotopic (exact) mass is 202 g/mol. The first-order valence-electron chi connectivity index (χ1n) is 2.95. The summed E-state index contributed by atoms with van der Waals surface area (Å²) in [5, 5.41) is 21.9. The number of benzene rings is 1. The highest BCUT2D eigenvalue weighted by Gasteiger charge is 1.79. The molecule has 1 rings (SSSR count). The summed E-state index contributed by atoms with van der Waals surface area (Å²) in [6, 6.07) is 9.14. The van der Waals surface area contributed by atoms with E-state index < -0.39 is 5.09 Å². The van der Waals surface area contributed by atoms with Crippen LogP contribution in [-0.4, -0.2) is 32.9 Å². The molecule has 0 aromatic heterocycles. The van der Waals surface area contributed by atoms with Crippen molar-refractivity contribution < 1.29 is 15.5 Å². The molecule has 7 heteroatoms. The average Bonchev–Trinajstić information content (AvgIpc) is 2.05. The predicted molar refractivity (Wildman–Crippen MR) is 50.6 cm³/mol.